The van der Waals surface area contributed by atoms with Crippen LogP contribution >= 0.6 is 0 Å². The molecule has 0 saturated heterocycles. The Morgan fingerprint density at radius 3 is 1.91 bits per heavy atom. The highest BCUT2D eigenvalue weighted by Crippen LogP contribution is 2.43. The average molecular weight is 725 g/mol. The van der Waals surface area contributed by atoms with Crippen LogP contribution in [0.25, 0.3) is 66.7 Å². The number of oxazole rings is 1. The zero-order valence-electron chi connectivity index (χ0n) is 33.2. The number of hydrogen-bond acceptors (Lipinski definition) is 5. The summed E-state index contributed by atoms with van der Waals surface area (Å²) in [4.78, 5) is 10.1. The minimum atomic E-state index is -0.0714. The van der Waals surface area contributed by atoms with Crippen molar-refractivity contribution in [1.82, 2.24) is 4.98 Å². The predicted molar refractivity (Wildman–Crippen MR) is 229 cm³/mol. The minimum Gasteiger partial charge on any atom is -0.507 e. The van der Waals surface area contributed by atoms with E-state index in [1.165, 1.54) is 11.1 Å². The Labute approximate surface area is 323 Å². The van der Waals surface area contributed by atoms with E-state index in [1.54, 1.807) is 12.3 Å². The number of aromatic hydroxyl groups is 1. The fraction of sp³-hybridized carbons (Fsp3) is 0.240. The van der Waals surface area contributed by atoms with Crippen LogP contribution in [-0.4, -0.2) is 16.3 Å². The SMILES string of the molecule is CC(C)(C)c1cc(-c2cc(-c3cccc4c3oc3ccccc34)c3nc(-c4ccccc4N=Cc4cc(C(C)(C)C)ccc4O)oc3c2)cc(C(C)(C)C)c1. The zero-order valence-corrected chi connectivity index (χ0v) is 33.2. The molecule has 276 valence electrons. The minimum absolute atomic E-state index is 0.0443. The summed E-state index contributed by atoms with van der Waals surface area (Å²) in [5.41, 5.74) is 12.7. The summed E-state index contributed by atoms with van der Waals surface area (Å²) in [5.74, 6) is 0.641. The van der Waals surface area contributed by atoms with Crippen LogP contribution in [-0.2, 0) is 16.2 Å². The van der Waals surface area contributed by atoms with Crippen molar-refractivity contribution in [2.75, 3.05) is 0 Å². The number of nitrogens with zero attached hydrogens (tertiary/aromatic N) is 2. The van der Waals surface area contributed by atoms with Crippen molar-refractivity contribution in [1.29, 1.82) is 0 Å². The van der Waals surface area contributed by atoms with Gasteiger partial charge in [0.15, 0.2) is 5.58 Å². The highest BCUT2D eigenvalue weighted by Gasteiger charge is 2.24. The van der Waals surface area contributed by atoms with Gasteiger partial charge in [-0.25, -0.2) is 4.98 Å². The van der Waals surface area contributed by atoms with E-state index in [4.69, 9.17) is 18.8 Å². The van der Waals surface area contributed by atoms with E-state index in [9.17, 15) is 5.11 Å². The fourth-order valence-corrected chi connectivity index (χ4v) is 7.17. The van der Waals surface area contributed by atoms with Gasteiger partial charge < -0.3 is 13.9 Å². The number of fused-ring (bicyclic) bond motifs is 4. The molecule has 0 spiro atoms. The van der Waals surface area contributed by atoms with Gasteiger partial charge >= 0.3 is 0 Å². The number of hydrogen-bond donors (Lipinski definition) is 1. The Hall–Kier alpha value is -5.94. The van der Waals surface area contributed by atoms with E-state index in [-0.39, 0.29) is 22.0 Å². The quantitative estimate of drug-likeness (QED) is 0.179. The Balaban J connectivity index is 1.35. The maximum absolute atomic E-state index is 10.7. The highest BCUT2D eigenvalue weighted by molar-refractivity contribution is 6.12. The van der Waals surface area contributed by atoms with Gasteiger partial charge in [-0.1, -0.05) is 135 Å². The second-order valence-corrected chi connectivity index (χ2v) is 17.8. The van der Waals surface area contributed by atoms with Crippen LogP contribution in [0.1, 0.15) is 84.6 Å². The lowest BCUT2D eigenvalue weighted by Gasteiger charge is -2.26. The number of benzene rings is 6. The van der Waals surface area contributed by atoms with E-state index in [0.717, 1.165) is 60.8 Å². The van der Waals surface area contributed by atoms with Gasteiger partial charge in [0, 0.05) is 33.7 Å². The first-order valence-corrected chi connectivity index (χ1v) is 19.0. The van der Waals surface area contributed by atoms with Crippen LogP contribution in [0.4, 0.5) is 5.69 Å². The Morgan fingerprint density at radius 2 is 1.18 bits per heavy atom. The predicted octanol–water partition coefficient (Wildman–Crippen LogP) is 14.1. The molecular formula is C50H48N2O3. The summed E-state index contributed by atoms with van der Waals surface area (Å²) in [6, 6.07) is 39.3. The molecule has 0 aliphatic heterocycles. The van der Waals surface area contributed by atoms with E-state index in [2.05, 4.69) is 117 Å². The van der Waals surface area contributed by atoms with Gasteiger partial charge in [-0.3, -0.25) is 4.99 Å². The third-order valence-corrected chi connectivity index (χ3v) is 10.6. The lowest BCUT2D eigenvalue weighted by atomic mass is 9.79. The molecule has 0 saturated carbocycles. The van der Waals surface area contributed by atoms with Gasteiger partial charge in [0.25, 0.3) is 0 Å². The Morgan fingerprint density at radius 1 is 0.545 bits per heavy atom. The van der Waals surface area contributed by atoms with Gasteiger partial charge in [0.1, 0.15) is 22.4 Å². The topological polar surface area (TPSA) is 71.8 Å². The summed E-state index contributed by atoms with van der Waals surface area (Å²) in [6.07, 6.45) is 1.72. The first-order valence-electron chi connectivity index (χ1n) is 19.0. The van der Waals surface area contributed by atoms with Crippen molar-refractivity contribution in [3.8, 4) is 39.5 Å². The van der Waals surface area contributed by atoms with Gasteiger partial charge in [0.2, 0.25) is 5.89 Å². The van der Waals surface area contributed by atoms with Crippen LogP contribution in [0.5, 0.6) is 5.75 Å². The number of phenolic OH excluding ortho intramolecular Hbond substituents is 1. The van der Waals surface area contributed by atoms with Gasteiger partial charge in [-0.2, -0.15) is 0 Å². The summed E-state index contributed by atoms with van der Waals surface area (Å²) in [5, 5.41) is 12.9. The third-order valence-electron chi connectivity index (χ3n) is 10.6. The molecule has 0 atom stereocenters. The Bertz CT molecular complexity index is 2740. The molecule has 0 fully saturated rings. The molecule has 1 N–H and O–H groups in total. The molecule has 0 bridgehead atoms. The summed E-state index contributed by atoms with van der Waals surface area (Å²) >= 11 is 0. The molecule has 55 heavy (non-hydrogen) atoms. The van der Waals surface area contributed by atoms with Gasteiger partial charge in [-0.05, 0) is 86.5 Å². The number of aliphatic imine (C=N–C) groups is 1. The second-order valence-electron chi connectivity index (χ2n) is 17.8. The van der Waals surface area contributed by atoms with E-state index >= 15 is 0 Å². The maximum atomic E-state index is 10.7. The van der Waals surface area contributed by atoms with Gasteiger partial charge in [0.05, 0.1) is 11.3 Å². The number of phenols is 1. The van der Waals surface area contributed by atoms with Crippen LogP contribution in [0.2, 0.25) is 0 Å². The maximum Gasteiger partial charge on any atom is 0.229 e. The summed E-state index contributed by atoms with van der Waals surface area (Å²) in [6.45, 7) is 20.1. The summed E-state index contributed by atoms with van der Waals surface area (Å²) in [7, 11) is 0. The van der Waals surface area contributed by atoms with Crippen molar-refractivity contribution < 1.29 is 13.9 Å². The van der Waals surface area contributed by atoms with Crippen LogP contribution in [0.15, 0.2) is 129 Å². The molecule has 0 aliphatic rings. The van der Waals surface area contributed by atoms with E-state index < -0.39 is 0 Å². The smallest absolute Gasteiger partial charge is 0.229 e. The lowest BCUT2D eigenvalue weighted by Crippen LogP contribution is -2.16. The number of furan rings is 1. The number of para-hydroxylation sites is 3. The van der Waals surface area contributed by atoms with E-state index in [1.807, 2.05) is 54.6 Å². The largest absolute Gasteiger partial charge is 0.507 e. The monoisotopic (exact) mass is 724 g/mol. The van der Waals surface area contributed by atoms with Crippen LogP contribution < -0.4 is 0 Å². The average Bonchev–Trinajstić information content (AvgIpc) is 3.75. The van der Waals surface area contributed by atoms with Crippen molar-refractivity contribution in [3.05, 3.63) is 138 Å². The molecule has 0 aliphatic carbocycles. The number of aromatic nitrogens is 1. The molecule has 0 radical (unpaired) electrons. The van der Waals surface area contributed by atoms with Crippen molar-refractivity contribution in [3.63, 3.8) is 0 Å². The normalized spacial score (nSPS) is 12.8. The van der Waals surface area contributed by atoms with Crippen LogP contribution in [0, 0.1) is 0 Å². The molecule has 8 rings (SSSR count). The lowest BCUT2D eigenvalue weighted by molar-refractivity contribution is 0.473. The third kappa shape index (κ3) is 6.84. The standard InChI is InChI=1S/C50H48N2O3/c1-48(2,3)33-21-22-42(53)32(25-33)29-51-41-19-12-10-16-39(41)47-52-45-40(38-18-14-17-37-36-15-11-13-20-43(36)54-46(37)38)26-31(27-44(45)55-47)30-23-34(49(4,5)6)28-35(24-30)50(7,8)9/h10-29,53H,1-9H3. The summed E-state index contributed by atoms with van der Waals surface area (Å²) < 4.78 is 13.3. The first kappa shape index (κ1) is 36.1. The van der Waals surface area contributed by atoms with Crippen molar-refractivity contribution in [2.45, 2.75) is 78.6 Å². The fourth-order valence-electron chi connectivity index (χ4n) is 7.17. The van der Waals surface area contributed by atoms with Crippen molar-refractivity contribution in [2.24, 2.45) is 4.99 Å². The molecule has 0 amide bonds. The van der Waals surface area contributed by atoms with Crippen LogP contribution in [0.3, 0.4) is 0 Å². The van der Waals surface area contributed by atoms with E-state index in [0.29, 0.717) is 22.7 Å². The molecule has 2 aromatic heterocycles. The molecule has 5 heteroatoms. The first-order chi connectivity index (χ1) is 26.0. The van der Waals surface area contributed by atoms with Gasteiger partial charge in [-0.15, -0.1) is 0 Å². The number of rotatable bonds is 5. The second kappa shape index (κ2) is 13.1. The molecule has 5 nitrogen and oxygen atoms in total. The highest BCUT2D eigenvalue weighted by atomic mass is 16.3. The molecule has 2 heterocycles. The Kier molecular flexibility index (Phi) is 8.60. The molecule has 0 unspecified atom stereocenters. The molecule has 6 aromatic carbocycles. The zero-order chi connectivity index (χ0) is 38.9. The molecule has 8 aromatic rings. The van der Waals surface area contributed by atoms with Crippen molar-refractivity contribution >= 4 is 44.9 Å². The molecular weight excluding hydrogens is 677 g/mol.